The van der Waals surface area contributed by atoms with Crippen LogP contribution in [0.5, 0.6) is 0 Å². The predicted octanol–water partition coefficient (Wildman–Crippen LogP) is 2.49. The Labute approximate surface area is 114 Å². The molecule has 112 valence electrons. The zero-order chi connectivity index (χ0) is 14.8. The van der Waals surface area contributed by atoms with Gasteiger partial charge < -0.3 is 14.8 Å². The Balaban J connectivity index is 1.92. The first-order valence-electron chi connectivity index (χ1n) is 6.41. The van der Waals surface area contributed by atoms with Gasteiger partial charge in [-0.15, -0.1) is 0 Å². The number of hydrogen-bond donors (Lipinski definition) is 2. The van der Waals surface area contributed by atoms with Gasteiger partial charge in [-0.2, -0.15) is 13.2 Å². The molecule has 0 unspecified atom stereocenters. The second kappa shape index (κ2) is 5.47. The van der Waals surface area contributed by atoms with Crippen molar-refractivity contribution in [3.05, 3.63) is 24.2 Å². The van der Waals surface area contributed by atoms with Gasteiger partial charge in [0.25, 0.3) is 5.91 Å². The SMILES string of the molecule is O=C(NC[C@]1(O)CCC[C@H](C(F)(F)F)C1)c1ccco1. The molecular formula is C13H16F3NO3. The summed E-state index contributed by atoms with van der Waals surface area (Å²) in [6, 6.07) is 2.97. The van der Waals surface area contributed by atoms with Crippen molar-refractivity contribution >= 4 is 5.91 Å². The fraction of sp³-hybridized carbons (Fsp3) is 0.615. The molecule has 0 aliphatic heterocycles. The number of aliphatic hydroxyl groups is 1. The fourth-order valence-corrected chi connectivity index (χ4v) is 2.52. The molecule has 2 rings (SSSR count). The van der Waals surface area contributed by atoms with Crippen LogP contribution < -0.4 is 5.32 Å². The molecule has 1 aromatic heterocycles. The average Bonchev–Trinajstić information content (AvgIpc) is 2.89. The minimum absolute atomic E-state index is 0.0257. The van der Waals surface area contributed by atoms with Gasteiger partial charge in [-0.25, -0.2) is 0 Å². The van der Waals surface area contributed by atoms with Crippen molar-refractivity contribution in [2.45, 2.75) is 37.5 Å². The van der Waals surface area contributed by atoms with Crippen molar-refractivity contribution in [2.24, 2.45) is 5.92 Å². The van der Waals surface area contributed by atoms with Crippen molar-refractivity contribution in [1.82, 2.24) is 5.32 Å². The minimum atomic E-state index is -4.31. The Kier molecular flexibility index (Phi) is 4.08. The normalized spacial score (nSPS) is 27.3. The fourth-order valence-electron chi connectivity index (χ4n) is 2.52. The zero-order valence-electron chi connectivity index (χ0n) is 10.7. The molecule has 2 N–H and O–H groups in total. The maximum atomic E-state index is 12.7. The minimum Gasteiger partial charge on any atom is -0.459 e. The summed E-state index contributed by atoms with van der Waals surface area (Å²) in [6.07, 6.45) is -2.80. The first-order chi connectivity index (χ1) is 9.30. The molecular weight excluding hydrogens is 275 g/mol. The van der Waals surface area contributed by atoms with Gasteiger partial charge in [0, 0.05) is 6.54 Å². The smallest absolute Gasteiger partial charge is 0.391 e. The Morgan fingerprint density at radius 2 is 2.30 bits per heavy atom. The first-order valence-corrected chi connectivity index (χ1v) is 6.41. The number of nitrogens with one attached hydrogen (secondary N) is 1. The molecule has 0 bridgehead atoms. The lowest BCUT2D eigenvalue weighted by Gasteiger charge is -2.37. The number of carbonyl (C=O) groups is 1. The third-order valence-corrected chi connectivity index (χ3v) is 3.61. The van der Waals surface area contributed by atoms with Crippen molar-refractivity contribution in [2.75, 3.05) is 6.54 Å². The van der Waals surface area contributed by atoms with Crippen LogP contribution in [0.4, 0.5) is 13.2 Å². The number of rotatable bonds is 3. The van der Waals surface area contributed by atoms with Crippen LogP contribution in [0.25, 0.3) is 0 Å². The highest BCUT2D eigenvalue weighted by atomic mass is 19.4. The Morgan fingerprint density at radius 3 is 2.90 bits per heavy atom. The van der Waals surface area contributed by atoms with Crippen LogP contribution in [0, 0.1) is 5.92 Å². The molecule has 1 amide bonds. The van der Waals surface area contributed by atoms with Gasteiger partial charge >= 0.3 is 6.18 Å². The van der Waals surface area contributed by atoms with Gasteiger partial charge in [-0.1, -0.05) is 0 Å². The molecule has 1 fully saturated rings. The van der Waals surface area contributed by atoms with E-state index < -0.39 is 23.6 Å². The van der Waals surface area contributed by atoms with Crippen LogP contribution >= 0.6 is 0 Å². The number of alkyl halides is 3. The summed E-state index contributed by atoms with van der Waals surface area (Å²) in [4.78, 5) is 11.6. The largest absolute Gasteiger partial charge is 0.459 e. The quantitative estimate of drug-likeness (QED) is 0.899. The van der Waals surface area contributed by atoms with E-state index in [9.17, 15) is 23.1 Å². The zero-order valence-corrected chi connectivity index (χ0v) is 10.7. The molecule has 1 aromatic rings. The van der Waals surface area contributed by atoms with Crippen molar-refractivity contribution in [3.8, 4) is 0 Å². The van der Waals surface area contributed by atoms with E-state index in [1.807, 2.05) is 0 Å². The van der Waals surface area contributed by atoms with Crippen LogP contribution in [0.15, 0.2) is 22.8 Å². The molecule has 2 atom stereocenters. The van der Waals surface area contributed by atoms with E-state index in [1.54, 1.807) is 0 Å². The van der Waals surface area contributed by atoms with E-state index in [0.717, 1.165) is 0 Å². The maximum Gasteiger partial charge on any atom is 0.391 e. The van der Waals surface area contributed by atoms with Gasteiger partial charge in [-0.05, 0) is 37.8 Å². The topological polar surface area (TPSA) is 62.5 Å². The van der Waals surface area contributed by atoms with E-state index in [2.05, 4.69) is 5.32 Å². The second-order valence-electron chi connectivity index (χ2n) is 5.22. The summed E-state index contributed by atoms with van der Waals surface area (Å²) in [7, 11) is 0. The standard InChI is InChI=1S/C13H16F3NO3/c14-13(15,16)9-3-1-5-12(19,7-9)8-17-11(18)10-4-2-6-20-10/h2,4,6,9,19H,1,3,5,7-8H2,(H,17,18)/t9-,12-/m0/s1. The lowest BCUT2D eigenvalue weighted by atomic mass is 9.77. The molecule has 1 aliphatic rings. The van der Waals surface area contributed by atoms with Gasteiger partial charge in [0.2, 0.25) is 0 Å². The highest BCUT2D eigenvalue weighted by molar-refractivity contribution is 5.91. The lowest BCUT2D eigenvalue weighted by molar-refractivity contribution is -0.199. The van der Waals surface area contributed by atoms with Crippen LogP contribution in [-0.2, 0) is 0 Å². The highest BCUT2D eigenvalue weighted by Crippen LogP contribution is 2.41. The van der Waals surface area contributed by atoms with Crippen LogP contribution in [-0.4, -0.2) is 29.3 Å². The average molecular weight is 291 g/mol. The van der Waals surface area contributed by atoms with E-state index in [1.165, 1.54) is 18.4 Å². The Bertz CT molecular complexity index is 458. The van der Waals surface area contributed by atoms with Crippen LogP contribution in [0.3, 0.4) is 0 Å². The van der Waals surface area contributed by atoms with E-state index in [4.69, 9.17) is 4.42 Å². The van der Waals surface area contributed by atoms with Gasteiger partial charge in [0.1, 0.15) is 0 Å². The first kappa shape index (κ1) is 14.9. The van der Waals surface area contributed by atoms with E-state index >= 15 is 0 Å². The molecule has 1 aliphatic carbocycles. The van der Waals surface area contributed by atoms with Gasteiger partial charge in [0.05, 0.1) is 17.8 Å². The molecule has 4 nitrogen and oxygen atoms in total. The molecule has 1 heterocycles. The second-order valence-corrected chi connectivity index (χ2v) is 5.22. The number of amides is 1. The van der Waals surface area contributed by atoms with Crippen molar-refractivity contribution in [3.63, 3.8) is 0 Å². The van der Waals surface area contributed by atoms with E-state index in [0.29, 0.717) is 0 Å². The third-order valence-electron chi connectivity index (χ3n) is 3.61. The van der Waals surface area contributed by atoms with Crippen LogP contribution in [0.1, 0.15) is 36.2 Å². The van der Waals surface area contributed by atoms with Crippen LogP contribution in [0.2, 0.25) is 0 Å². The van der Waals surface area contributed by atoms with Crippen molar-refractivity contribution in [1.29, 1.82) is 0 Å². The number of hydrogen-bond acceptors (Lipinski definition) is 3. The third kappa shape index (κ3) is 3.53. The summed E-state index contributed by atoms with van der Waals surface area (Å²) in [5.41, 5.74) is -1.51. The highest BCUT2D eigenvalue weighted by Gasteiger charge is 2.47. The van der Waals surface area contributed by atoms with Crippen molar-refractivity contribution < 1.29 is 27.5 Å². The number of halogens is 3. The molecule has 0 spiro atoms. The molecule has 0 saturated heterocycles. The molecule has 7 heteroatoms. The van der Waals surface area contributed by atoms with Gasteiger partial charge in [0.15, 0.2) is 5.76 Å². The number of carbonyl (C=O) groups excluding carboxylic acids is 1. The summed E-state index contributed by atoms with van der Waals surface area (Å²) in [6.45, 7) is -0.209. The summed E-state index contributed by atoms with van der Waals surface area (Å²) < 4.78 is 42.9. The molecule has 0 radical (unpaired) electrons. The Morgan fingerprint density at radius 1 is 1.55 bits per heavy atom. The van der Waals surface area contributed by atoms with E-state index in [-0.39, 0.29) is 38.0 Å². The van der Waals surface area contributed by atoms with Gasteiger partial charge in [-0.3, -0.25) is 4.79 Å². The lowest BCUT2D eigenvalue weighted by Crippen LogP contribution is -2.48. The Hall–Kier alpha value is -1.50. The monoisotopic (exact) mass is 291 g/mol. The molecule has 20 heavy (non-hydrogen) atoms. The summed E-state index contributed by atoms with van der Waals surface area (Å²) in [5.74, 6) is -1.99. The number of furan rings is 1. The maximum absolute atomic E-state index is 12.7. The molecule has 0 aromatic carbocycles. The molecule has 1 saturated carbocycles. The predicted molar refractivity (Wildman–Crippen MR) is 64.0 cm³/mol. The summed E-state index contributed by atoms with van der Waals surface area (Å²) >= 11 is 0. The summed E-state index contributed by atoms with van der Waals surface area (Å²) in [5, 5.41) is 12.6.